The van der Waals surface area contributed by atoms with Gasteiger partial charge < -0.3 is 10.2 Å². The fourth-order valence-electron chi connectivity index (χ4n) is 1.90. The molecule has 0 bridgehead atoms. The van der Waals surface area contributed by atoms with Gasteiger partial charge in [0.2, 0.25) is 0 Å². The van der Waals surface area contributed by atoms with Crippen molar-refractivity contribution in [2.75, 3.05) is 0 Å². The summed E-state index contributed by atoms with van der Waals surface area (Å²) >= 11 is 3.37. The minimum absolute atomic E-state index is 0.169. The van der Waals surface area contributed by atoms with Gasteiger partial charge in [-0.15, -0.1) is 0 Å². The summed E-state index contributed by atoms with van der Waals surface area (Å²) in [6, 6.07) is 0.169. The Morgan fingerprint density at radius 3 is 2.56 bits per heavy atom. The quantitative estimate of drug-likeness (QED) is 0.891. The van der Waals surface area contributed by atoms with Crippen LogP contribution in [0, 0.1) is 5.92 Å². The average Bonchev–Trinajstić information content (AvgIpc) is 2.99. The van der Waals surface area contributed by atoms with Crippen molar-refractivity contribution in [3.63, 3.8) is 0 Å². The Kier molecular flexibility index (Phi) is 3.37. The first-order valence-electron chi connectivity index (χ1n) is 5.61. The molecule has 0 amide bonds. The Morgan fingerprint density at radius 1 is 1.44 bits per heavy atom. The van der Waals surface area contributed by atoms with Crippen LogP contribution in [0.25, 0.3) is 0 Å². The SMILES string of the molecule is CC(C)n1ncc(Br)c1C(O)C(O)C1CC1. The van der Waals surface area contributed by atoms with Crippen LogP contribution in [0.3, 0.4) is 0 Å². The van der Waals surface area contributed by atoms with E-state index in [2.05, 4.69) is 21.0 Å². The van der Waals surface area contributed by atoms with Gasteiger partial charge in [0.15, 0.2) is 0 Å². The first-order chi connectivity index (χ1) is 7.52. The van der Waals surface area contributed by atoms with Crippen LogP contribution >= 0.6 is 15.9 Å². The summed E-state index contributed by atoms with van der Waals surface area (Å²) in [7, 11) is 0. The summed E-state index contributed by atoms with van der Waals surface area (Å²) in [5, 5.41) is 24.3. The third kappa shape index (κ3) is 2.17. The largest absolute Gasteiger partial charge is 0.390 e. The second kappa shape index (κ2) is 4.47. The number of aromatic nitrogens is 2. The van der Waals surface area contributed by atoms with Crippen molar-refractivity contribution < 1.29 is 10.2 Å². The predicted molar refractivity (Wildman–Crippen MR) is 64.0 cm³/mol. The van der Waals surface area contributed by atoms with Crippen LogP contribution < -0.4 is 0 Å². The summed E-state index contributed by atoms with van der Waals surface area (Å²) in [4.78, 5) is 0. The first-order valence-corrected chi connectivity index (χ1v) is 6.40. The molecule has 1 aromatic heterocycles. The van der Waals surface area contributed by atoms with E-state index in [0.717, 1.165) is 17.3 Å². The van der Waals surface area contributed by atoms with Gasteiger partial charge in [-0.3, -0.25) is 4.68 Å². The zero-order valence-electron chi connectivity index (χ0n) is 9.47. The zero-order chi connectivity index (χ0) is 11.9. The lowest BCUT2D eigenvalue weighted by molar-refractivity contribution is -0.00114. The molecule has 1 aliphatic carbocycles. The number of hydrogen-bond acceptors (Lipinski definition) is 3. The molecule has 0 aromatic carbocycles. The highest BCUT2D eigenvalue weighted by molar-refractivity contribution is 9.10. The number of aliphatic hydroxyl groups excluding tert-OH is 2. The van der Waals surface area contributed by atoms with E-state index in [1.165, 1.54) is 0 Å². The lowest BCUT2D eigenvalue weighted by Gasteiger charge is -2.20. The van der Waals surface area contributed by atoms with Gasteiger partial charge in [0, 0.05) is 6.04 Å². The highest BCUT2D eigenvalue weighted by atomic mass is 79.9. The average molecular weight is 289 g/mol. The maximum Gasteiger partial charge on any atom is 0.123 e. The molecule has 0 saturated heterocycles. The Hall–Kier alpha value is -0.390. The van der Waals surface area contributed by atoms with E-state index in [9.17, 15) is 10.2 Å². The normalized spacial score (nSPS) is 20.1. The molecule has 1 saturated carbocycles. The number of hydrogen-bond donors (Lipinski definition) is 2. The summed E-state index contributed by atoms with van der Waals surface area (Å²) in [5.74, 6) is 0.248. The van der Waals surface area contributed by atoms with Gasteiger partial charge in [0.1, 0.15) is 6.10 Å². The van der Waals surface area contributed by atoms with Crippen molar-refractivity contribution in [3.8, 4) is 0 Å². The molecule has 2 atom stereocenters. The van der Waals surface area contributed by atoms with E-state index < -0.39 is 12.2 Å². The van der Waals surface area contributed by atoms with Gasteiger partial charge in [-0.1, -0.05) is 0 Å². The summed E-state index contributed by atoms with van der Waals surface area (Å²) in [6.07, 6.45) is 2.15. The minimum atomic E-state index is -0.855. The summed E-state index contributed by atoms with van der Waals surface area (Å²) < 4.78 is 2.51. The molecule has 2 rings (SSSR count). The van der Waals surface area contributed by atoms with Gasteiger partial charge in [-0.25, -0.2) is 0 Å². The third-order valence-electron chi connectivity index (χ3n) is 2.98. The predicted octanol–water partition coefficient (Wildman–Crippen LogP) is 2.03. The molecule has 2 unspecified atom stereocenters. The van der Waals surface area contributed by atoms with Gasteiger partial charge in [0.25, 0.3) is 0 Å². The van der Waals surface area contributed by atoms with Crippen molar-refractivity contribution in [1.29, 1.82) is 0 Å². The molecule has 0 spiro atoms. The maximum atomic E-state index is 10.2. The Morgan fingerprint density at radius 2 is 2.06 bits per heavy atom. The molecule has 1 aliphatic rings. The van der Waals surface area contributed by atoms with E-state index in [0.29, 0.717) is 5.69 Å². The Labute approximate surface area is 103 Å². The van der Waals surface area contributed by atoms with Crippen molar-refractivity contribution in [2.45, 2.75) is 44.9 Å². The summed E-state index contributed by atoms with van der Waals surface area (Å²) in [5.41, 5.74) is 0.675. The van der Waals surface area contributed by atoms with Crippen molar-refractivity contribution >= 4 is 15.9 Å². The van der Waals surface area contributed by atoms with Crippen LogP contribution in [-0.2, 0) is 0 Å². The van der Waals surface area contributed by atoms with Gasteiger partial charge >= 0.3 is 0 Å². The minimum Gasteiger partial charge on any atom is -0.390 e. The van der Waals surface area contributed by atoms with Crippen LogP contribution in [0.4, 0.5) is 0 Å². The molecule has 1 fully saturated rings. The van der Waals surface area contributed by atoms with E-state index in [1.54, 1.807) is 10.9 Å². The first kappa shape index (κ1) is 12.1. The highest BCUT2D eigenvalue weighted by Crippen LogP contribution is 2.39. The van der Waals surface area contributed by atoms with Crippen LogP contribution in [0.15, 0.2) is 10.7 Å². The standard InChI is InChI=1S/C11H17BrN2O2/c1-6(2)14-9(8(12)5-13-14)11(16)10(15)7-3-4-7/h5-7,10-11,15-16H,3-4H2,1-2H3. The Balaban J connectivity index is 2.26. The smallest absolute Gasteiger partial charge is 0.123 e. The number of nitrogens with zero attached hydrogens (tertiary/aromatic N) is 2. The Bertz CT molecular complexity index is 374. The third-order valence-corrected chi connectivity index (χ3v) is 3.60. The van der Waals surface area contributed by atoms with Gasteiger partial charge in [0.05, 0.1) is 22.5 Å². The lowest BCUT2D eigenvalue weighted by atomic mass is 10.1. The molecule has 1 heterocycles. The molecule has 4 nitrogen and oxygen atoms in total. The van der Waals surface area contributed by atoms with Crippen LogP contribution in [-0.4, -0.2) is 26.1 Å². The molecule has 0 aliphatic heterocycles. The maximum absolute atomic E-state index is 10.2. The lowest BCUT2D eigenvalue weighted by Crippen LogP contribution is -2.24. The van der Waals surface area contributed by atoms with Gasteiger partial charge in [-0.2, -0.15) is 5.10 Å². The molecule has 16 heavy (non-hydrogen) atoms. The van der Waals surface area contributed by atoms with Crippen molar-refractivity contribution in [2.24, 2.45) is 5.92 Å². The van der Waals surface area contributed by atoms with Crippen LogP contribution in [0.1, 0.15) is 44.5 Å². The van der Waals surface area contributed by atoms with Crippen LogP contribution in [0.5, 0.6) is 0 Å². The second-order valence-corrected chi connectivity index (χ2v) is 5.54. The molecule has 5 heteroatoms. The molecule has 1 aromatic rings. The second-order valence-electron chi connectivity index (χ2n) is 4.69. The zero-order valence-corrected chi connectivity index (χ0v) is 11.1. The summed E-state index contributed by atoms with van der Waals surface area (Å²) in [6.45, 7) is 4.00. The van der Waals surface area contributed by atoms with E-state index >= 15 is 0 Å². The highest BCUT2D eigenvalue weighted by Gasteiger charge is 2.37. The molecule has 2 N–H and O–H groups in total. The fraction of sp³-hybridized carbons (Fsp3) is 0.727. The topological polar surface area (TPSA) is 58.3 Å². The van der Waals surface area contributed by atoms with E-state index in [4.69, 9.17) is 0 Å². The van der Waals surface area contributed by atoms with Crippen LogP contribution in [0.2, 0.25) is 0 Å². The monoisotopic (exact) mass is 288 g/mol. The fourth-order valence-corrected chi connectivity index (χ4v) is 2.40. The number of aliphatic hydroxyl groups is 2. The molecule has 90 valence electrons. The number of rotatable bonds is 4. The molecular weight excluding hydrogens is 272 g/mol. The number of halogens is 1. The molecular formula is C11H17BrN2O2. The van der Waals surface area contributed by atoms with E-state index in [-0.39, 0.29) is 12.0 Å². The van der Waals surface area contributed by atoms with Crippen molar-refractivity contribution in [1.82, 2.24) is 9.78 Å². The molecule has 0 radical (unpaired) electrons. The van der Waals surface area contributed by atoms with Gasteiger partial charge in [-0.05, 0) is 48.5 Å². The van der Waals surface area contributed by atoms with E-state index in [1.807, 2.05) is 13.8 Å². The van der Waals surface area contributed by atoms with Crippen molar-refractivity contribution in [3.05, 3.63) is 16.4 Å².